The van der Waals surface area contributed by atoms with Crippen LogP contribution in [0.1, 0.15) is 5.56 Å². The molecule has 0 bridgehead atoms. The van der Waals surface area contributed by atoms with Crippen LogP contribution in [-0.4, -0.2) is 13.0 Å². The largest absolute Gasteiger partial charge is 0.295 e. The van der Waals surface area contributed by atoms with Crippen LogP contribution in [0.3, 0.4) is 0 Å². The van der Waals surface area contributed by atoms with Crippen molar-refractivity contribution in [1.29, 1.82) is 5.26 Å². The Bertz CT molecular complexity index is 497. The maximum atomic E-state index is 10.9. The predicted octanol–water partition coefficient (Wildman–Crippen LogP) is 1.47. The first-order valence-electron chi connectivity index (χ1n) is 3.68. The van der Waals surface area contributed by atoms with Crippen molar-refractivity contribution in [3.05, 3.63) is 35.9 Å². The molecule has 0 saturated carbocycles. The first-order valence-corrected chi connectivity index (χ1v) is 5.12. The summed E-state index contributed by atoms with van der Waals surface area (Å²) in [5.41, 5.74) is 0.288. The normalized spacial score (nSPS) is 11.4. The smallest absolute Gasteiger partial charge is 0.282 e. The van der Waals surface area contributed by atoms with Gasteiger partial charge in [0.1, 0.15) is 4.90 Å². The van der Waals surface area contributed by atoms with Gasteiger partial charge < -0.3 is 0 Å². The second-order valence-electron chi connectivity index (χ2n) is 2.48. The van der Waals surface area contributed by atoms with Gasteiger partial charge in [0.15, 0.2) is 0 Å². The molecule has 0 unspecified atom stereocenters. The highest BCUT2D eigenvalue weighted by Crippen LogP contribution is 2.15. The molecule has 0 aliphatic heterocycles. The van der Waals surface area contributed by atoms with Gasteiger partial charge in [-0.05, 0) is 17.7 Å². The SMILES string of the molecule is N#CC=Cc1ccccc1S(=O)(=O)O. The van der Waals surface area contributed by atoms with Crippen LogP contribution >= 0.6 is 0 Å². The molecule has 1 rings (SSSR count). The Morgan fingerprint density at radius 3 is 2.57 bits per heavy atom. The van der Waals surface area contributed by atoms with Crippen LogP contribution < -0.4 is 0 Å². The van der Waals surface area contributed by atoms with Gasteiger partial charge in [0.25, 0.3) is 10.1 Å². The fourth-order valence-electron chi connectivity index (χ4n) is 0.980. The fourth-order valence-corrected chi connectivity index (χ4v) is 1.66. The summed E-state index contributed by atoms with van der Waals surface area (Å²) in [6.45, 7) is 0. The molecule has 1 N–H and O–H groups in total. The average molecular weight is 209 g/mol. The van der Waals surface area contributed by atoms with Gasteiger partial charge >= 0.3 is 0 Å². The number of nitriles is 1. The quantitative estimate of drug-likeness (QED) is 0.591. The van der Waals surface area contributed by atoms with E-state index in [0.29, 0.717) is 0 Å². The van der Waals surface area contributed by atoms with Crippen LogP contribution in [-0.2, 0) is 10.1 Å². The molecule has 0 amide bonds. The minimum absolute atomic E-state index is 0.202. The van der Waals surface area contributed by atoms with Crippen LogP contribution in [0, 0.1) is 11.3 Å². The van der Waals surface area contributed by atoms with E-state index in [0.717, 1.165) is 6.08 Å². The van der Waals surface area contributed by atoms with Gasteiger partial charge in [0.05, 0.1) is 6.07 Å². The first kappa shape index (κ1) is 10.4. The molecule has 14 heavy (non-hydrogen) atoms. The van der Waals surface area contributed by atoms with Gasteiger partial charge in [-0.2, -0.15) is 13.7 Å². The van der Waals surface area contributed by atoms with E-state index >= 15 is 0 Å². The minimum atomic E-state index is -4.22. The van der Waals surface area contributed by atoms with E-state index in [2.05, 4.69) is 0 Å². The second kappa shape index (κ2) is 4.05. The summed E-state index contributed by atoms with van der Waals surface area (Å²) >= 11 is 0. The molecule has 0 aromatic heterocycles. The van der Waals surface area contributed by atoms with Crippen LogP contribution in [0.5, 0.6) is 0 Å². The van der Waals surface area contributed by atoms with Gasteiger partial charge in [-0.25, -0.2) is 0 Å². The van der Waals surface area contributed by atoms with Gasteiger partial charge in [-0.3, -0.25) is 4.55 Å². The molecule has 0 spiro atoms. The topological polar surface area (TPSA) is 78.2 Å². The Morgan fingerprint density at radius 2 is 2.00 bits per heavy atom. The highest BCUT2D eigenvalue weighted by molar-refractivity contribution is 7.85. The summed E-state index contributed by atoms with van der Waals surface area (Å²) in [5.74, 6) is 0. The van der Waals surface area contributed by atoms with E-state index in [9.17, 15) is 8.42 Å². The van der Waals surface area contributed by atoms with Crippen LogP contribution in [0.15, 0.2) is 35.2 Å². The highest BCUT2D eigenvalue weighted by Gasteiger charge is 2.12. The maximum absolute atomic E-state index is 10.9. The zero-order valence-electron chi connectivity index (χ0n) is 7.08. The Morgan fingerprint density at radius 1 is 1.36 bits per heavy atom. The van der Waals surface area contributed by atoms with E-state index in [4.69, 9.17) is 9.81 Å². The lowest BCUT2D eigenvalue weighted by atomic mass is 10.2. The van der Waals surface area contributed by atoms with Crippen molar-refractivity contribution >= 4 is 16.2 Å². The number of hydrogen-bond donors (Lipinski definition) is 1. The molecule has 4 nitrogen and oxygen atoms in total. The standard InChI is InChI=1S/C9H7NO3S/c10-7-3-5-8-4-1-2-6-9(8)14(11,12)13/h1-6H,(H,11,12,13). The zero-order valence-corrected chi connectivity index (χ0v) is 7.90. The van der Waals surface area contributed by atoms with Crippen molar-refractivity contribution in [1.82, 2.24) is 0 Å². The molecule has 0 fully saturated rings. The number of hydrogen-bond acceptors (Lipinski definition) is 3. The Balaban J connectivity index is 3.32. The second-order valence-corrected chi connectivity index (χ2v) is 3.87. The molecule has 5 heteroatoms. The van der Waals surface area contributed by atoms with Crippen molar-refractivity contribution < 1.29 is 13.0 Å². The lowest BCUT2D eigenvalue weighted by molar-refractivity contribution is 0.483. The summed E-state index contributed by atoms with van der Waals surface area (Å²) < 4.78 is 30.5. The lowest BCUT2D eigenvalue weighted by Gasteiger charge is -2.00. The molecule has 1 aromatic carbocycles. The maximum Gasteiger partial charge on any atom is 0.295 e. The third-order valence-electron chi connectivity index (χ3n) is 1.53. The molecular weight excluding hydrogens is 202 g/mol. The predicted molar refractivity (Wildman–Crippen MR) is 50.9 cm³/mol. The van der Waals surface area contributed by atoms with Crippen molar-refractivity contribution in [2.75, 3.05) is 0 Å². The van der Waals surface area contributed by atoms with Crippen LogP contribution in [0.2, 0.25) is 0 Å². The van der Waals surface area contributed by atoms with Gasteiger partial charge in [0, 0.05) is 6.08 Å². The minimum Gasteiger partial charge on any atom is -0.282 e. The molecule has 0 saturated heterocycles. The molecule has 72 valence electrons. The summed E-state index contributed by atoms with van der Waals surface area (Å²) in [4.78, 5) is -0.202. The molecule has 0 atom stereocenters. The van der Waals surface area contributed by atoms with Crippen molar-refractivity contribution in [3.8, 4) is 6.07 Å². The molecule has 1 aromatic rings. The van der Waals surface area contributed by atoms with Gasteiger partial charge in [-0.1, -0.05) is 18.2 Å². The molecule has 0 aliphatic rings. The van der Waals surface area contributed by atoms with Crippen LogP contribution in [0.4, 0.5) is 0 Å². The summed E-state index contributed by atoms with van der Waals surface area (Å²) in [5, 5.41) is 8.27. The first-order chi connectivity index (χ1) is 6.55. The number of nitrogens with zero attached hydrogens (tertiary/aromatic N) is 1. The van der Waals surface area contributed by atoms with E-state index in [1.165, 1.54) is 24.3 Å². The molecule has 0 heterocycles. The molecular formula is C9H7NO3S. The lowest BCUT2D eigenvalue weighted by Crippen LogP contribution is -2.00. The zero-order chi connectivity index (χ0) is 10.6. The van der Waals surface area contributed by atoms with E-state index < -0.39 is 10.1 Å². The summed E-state index contributed by atoms with van der Waals surface area (Å²) in [7, 11) is -4.22. The molecule has 0 radical (unpaired) electrons. The Labute approximate surface area is 81.9 Å². The third-order valence-corrected chi connectivity index (χ3v) is 2.46. The third kappa shape index (κ3) is 2.42. The van der Waals surface area contributed by atoms with Crippen LogP contribution in [0.25, 0.3) is 6.08 Å². The van der Waals surface area contributed by atoms with Crippen molar-refractivity contribution in [2.45, 2.75) is 4.90 Å². The Hall–Kier alpha value is -1.64. The van der Waals surface area contributed by atoms with Gasteiger partial charge in [-0.15, -0.1) is 0 Å². The van der Waals surface area contributed by atoms with E-state index in [-0.39, 0.29) is 10.5 Å². The van der Waals surface area contributed by atoms with E-state index in [1.54, 1.807) is 12.1 Å². The number of benzene rings is 1. The van der Waals surface area contributed by atoms with Gasteiger partial charge in [0.2, 0.25) is 0 Å². The van der Waals surface area contributed by atoms with Crippen molar-refractivity contribution in [2.24, 2.45) is 0 Å². The Kier molecular flexibility index (Phi) is 3.02. The number of rotatable bonds is 2. The van der Waals surface area contributed by atoms with E-state index in [1.807, 2.05) is 0 Å². The highest BCUT2D eigenvalue weighted by atomic mass is 32.2. The molecule has 0 aliphatic carbocycles. The monoisotopic (exact) mass is 209 g/mol. The fraction of sp³-hybridized carbons (Fsp3) is 0. The average Bonchev–Trinajstić information content (AvgIpc) is 2.14. The summed E-state index contributed by atoms with van der Waals surface area (Å²) in [6.07, 6.45) is 2.47. The van der Waals surface area contributed by atoms with Crippen molar-refractivity contribution in [3.63, 3.8) is 0 Å². The summed E-state index contributed by atoms with van der Waals surface area (Å²) in [6, 6.07) is 7.61. The number of allylic oxidation sites excluding steroid dienone is 1.